The Labute approximate surface area is 124 Å². The molecule has 0 aliphatic carbocycles. The van der Waals surface area contributed by atoms with Gasteiger partial charge < -0.3 is 5.32 Å². The van der Waals surface area contributed by atoms with Crippen LogP contribution in [0.4, 0.5) is 10.1 Å². The summed E-state index contributed by atoms with van der Waals surface area (Å²) in [5, 5.41) is 4.20. The van der Waals surface area contributed by atoms with E-state index in [2.05, 4.69) is 26.2 Å². The van der Waals surface area contributed by atoms with Gasteiger partial charge in [-0.2, -0.15) is 0 Å². The average Bonchev–Trinajstić information content (AvgIpc) is 2.46. The number of hydrogen-bond donors (Lipinski definition) is 1. The van der Waals surface area contributed by atoms with Crippen LogP contribution in [0, 0.1) is 5.82 Å². The third kappa shape index (κ3) is 2.39. The van der Waals surface area contributed by atoms with Gasteiger partial charge in [0.05, 0.1) is 11.2 Å². The van der Waals surface area contributed by atoms with Crippen LogP contribution >= 0.6 is 15.9 Å². The lowest BCUT2D eigenvalue weighted by molar-refractivity contribution is 0.628. The molecule has 100 valence electrons. The molecule has 2 aromatic carbocycles. The molecule has 0 aliphatic heterocycles. The van der Waals surface area contributed by atoms with Crippen LogP contribution in [-0.2, 0) is 0 Å². The highest BCUT2D eigenvalue weighted by Crippen LogP contribution is 2.30. The van der Waals surface area contributed by atoms with Crippen molar-refractivity contribution in [3.05, 3.63) is 58.8 Å². The van der Waals surface area contributed by atoms with Crippen LogP contribution in [0.1, 0.15) is 0 Å². The molecule has 0 radical (unpaired) electrons. The smallest absolute Gasteiger partial charge is 0.123 e. The Morgan fingerprint density at radius 1 is 1.10 bits per heavy atom. The van der Waals surface area contributed by atoms with Crippen LogP contribution in [0.2, 0.25) is 0 Å². The topological polar surface area (TPSA) is 24.9 Å². The minimum absolute atomic E-state index is 0.258. The molecular weight excluding hydrogens is 319 g/mol. The monoisotopic (exact) mass is 330 g/mol. The first kappa shape index (κ1) is 13.1. The number of rotatable bonds is 2. The molecule has 0 atom stereocenters. The van der Waals surface area contributed by atoms with Gasteiger partial charge in [0, 0.05) is 28.2 Å². The number of halogens is 2. The van der Waals surface area contributed by atoms with Crippen molar-refractivity contribution < 1.29 is 4.39 Å². The summed E-state index contributed by atoms with van der Waals surface area (Å²) in [5.74, 6) is -0.258. The zero-order valence-corrected chi connectivity index (χ0v) is 12.4. The van der Waals surface area contributed by atoms with E-state index in [-0.39, 0.29) is 5.82 Å². The van der Waals surface area contributed by atoms with E-state index in [9.17, 15) is 4.39 Å². The van der Waals surface area contributed by atoms with Crippen molar-refractivity contribution in [3.8, 4) is 11.3 Å². The first-order chi connectivity index (χ1) is 9.67. The number of nitrogens with zero attached hydrogens (tertiary/aromatic N) is 1. The highest BCUT2D eigenvalue weighted by atomic mass is 79.9. The Kier molecular flexibility index (Phi) is 3.40. The zero-order valence-electron chi connectivity index (χ0n) is 10.8. The maximum Gasteiger partial charge on any atom is 0.123 e. The van der Waals surface area contributed by atoms with Crippen molar-refractivity contribution in [2.75, 3.05) is 12.4 Å². The molecule has 0 aliphatic rings. The summed E-state index contributed by atoms with van der Waals surface area (Å²) in [6.07, 6.45) is 0. The molecule has 0 bridgehead atoms. The number of aromatic nitrogens is 1. The van der Waals surface area contributed by atoms with E-state index in [0.29, 0.717) is 0 Å². The third-order valence-corrected chi connectivity index (χ3v) is 3.65. The standard InChI is InChI=1S/C16H12BrFN2/c1-19-16-9-15(10-3-2-4-12(18)7-10)20-14-6-5-11(17)8-13(14)16/h2-9H,1H3,(H,19,20). The lowest BCUT2D eigenvalue weighted by Crippen LogP contribution is -1.94. The van der Waals surface area contributed by atoms with Crippen LogP contribution in [0.15, 0.2) is 53.0 Å². The fourth-order valence-corrected chi connectivity index (χ4v) is 2.56. The van der Waals surface area contributed by atoms with Crippen LogP contribution in [0.3, 0.4) is 0 Å². The molecule has 3 rings (SSSR count). The Bertz CT molecular complexity index is 787. The van der Waals surface area contributed by atoms with Crippen molar-refractivity contribution in [2.45, 2.75) is 0 Å². The van der Waals surface area contributed by atoms with Crippen molar-refractivity contribution >= 4 is 32.5 Å². The number of pyridine rings is 1. The van der Waals surface area contributed by atoms with Gasteiger partial charge in [-0.25, -0.2) is 9.37 Å². The van der Waals surface area contributed by atoms with Gasteiger partial charge in [-0.3, -0.25) is 0 Å². The lowest BCUT2D eigenvalue weighted by Gasteiger charge is -2.10. The van der Waals surface area contributed by atoms with E-state index in [1.807, 2.05) is 37.4 Å². The summed E-state index contributed by atoms with van der Waals surface area (Å²) in [6, 6.07) is 14.3. The van der Waals surface area contributed by atoms with Gasteiger partial charge in [-0.05, 0) is 36.4 Å². The second-order valence-corrected chi connectivity index (χ2v) is 5.39. The molecular formula is C16H12BrFN2. The van der Waals surface area contributed by atoms with Gasteiger partial charge in [-0.15, -0.1) is 0 Å². The quantitative estimate of drug-likeness (QED) is 0.726. The van der Waals surface area contributed by atoms with Crippen LogP contribution < -0.4 is 5.32 Å². The first-order valence-electron chi connectivity index (χ1n) is 6.21. The first-order valence-corrected chi connectivity index (χ1v) is 7.00. The predicted octanol–water partition coefficient (Wildman–Crippen LogP) is 4.85. The second kappa shape index (κ2) is 5.21. The van der Waals surface area contributed by atoms with Gasteiger partial charge in [-0.1, -0.05) is 28.1 Å². The molecule has 0 fully saturated rings. The summed E-state index contributed by atoms with van der Waals surface area (Å²) in [6.45, 7) is 0. The Hall–Kier alpha value is -1.94. The highest BCUT2D eigenvalue weighted by Gasteiger charge is 2.08. The van der Waals surface area contributed by atoms with E-state index in [1.165, 1.54) is 12.1 Å². The van der Waals surface area contributed by atoms with E-state index >= 15 is 0 Å². The molecule has 0 saturated heterocycles. The molecule has 2 nitrogen and oxygen atoms in total. The van der Waals surface area contributed by atoms with Crippen molar-refractivity contribution in [3.63, 3.8) is 0 Å². The summed E-state index contributed by atoms with van der Waals surface area (Å²) in [5.41, 5.74) is 3.37. The van der Waals surface area contributed by atoms with Gasteiger partial charge in [0.15, 0.2) is 0 Å². The molecule has 1 aromatic heterocycles. The number of hydrogen-bond acceptors (Lipinski definition) is 2. The van der Waals surface area contributed by atoms with Crippen molar-refractivity contribution in [2.24, 2.45) is 0 Å². The Morgan fingerprint density at radius 2 is 1.95 bits per heavy atom. The summed E-state index contributed by atoms with van der Waals surface area (Å²) in [4.78, 5) is 4.61. The van der Waals surface area contributed by atoms with Crippen molar-refractivity contribution in [1.82, 2.24) is 4.98 Å². The van der Waals surface area contributed by atoms with Gasteiger partial charge in [0.25, 0.3) is 0 Å². The number of benzene rings is 2. The molecule has 20 heavy (non-hydrogen) atoms. The Morgan fingerprint density at radius 3 is 2.70 bits per heavy atom. The minimum atomic E-state index is -0.258. The zero-order chi connectivity index (χ0) is 14.1. The average molecular weight is 331 g/mol. The number of anilines is 1. The maximum absolute atomic E-state index is 13.4. The van der Waals surface area contributed by atoms with E-state index in [1.54, 1.807) is 6.07 Å². The predicted molar refractivity (Wildman–Crippen MR) is 84.4 cm³/mol. The molecule has 0 amide bonds. The SMILES string of the molecule is CNc1cc(-c2cccc(F)c2)nc2ccc(Br)cc12. The molecule has 3 aromatic rings. The third-order valence-electron chi connectivity index (χ3n) is 3.16. The largest absolute Gasteiger partial charge is 0.388 e. The van der Waals surface area contributed by atoms with Gasteiger partial charge >= 0.3 is 0 Å². The normalized spacial score (nSPS) is 10.8. The molecule has 0 unspecified atom stereocenters. The summed E-state index contributed by atoms with van der Waals surface area (Å²) >= 11 is 3.46. The van der Waals surface area contributed by atoms with Gasteiger partial charge in [0.1, 0.15) is 5.82 Å². The molecule has 0 saturated carbocycles. The van der Waals surface area contributed by atoms with Gasteiger partial charge in [0.2, 0.25) is 0 Å². The lowest BCUT2D eigenvalue weighted by atomic mass is 10.1. The highest BCUT2D eigenvalue weighted by molar-refractivity contribution is 9.10. The number of fused-ring (bicyclic) bond motifs is 1. The summed E-state index contributed by atoms with van der Waals surface area (Å²) in [7, 11) is 1.87. The number of nitrogens with one attached hydrogen (secondary N) is 1. The van der Waals surface area contributed by atoms with E-state index < -0.39 is 0 Å². The van der Waals surface area contributed by atoms with E-state index in [0.717, 1.165) is 32.3 Å². The maximum atomic E-state index is 13.4. The molecule has 1 heterocycles. The molecule has 1 N–H and O–H groups in total. The van der Waals surface area contributed by atoms with Crippen molar-refractivity contribution in [1.29, 1.82) is 0 Å². The van der Waals surface area contributed by atoms with Crippen LogP contribution in [0.25, 0.3) is 22.2 Å². The Balaban J connectivity index is 2.25. The fraction of sp³-hybridized carbons (Fsp3) is 0.0625. The molecule has 4 heteroatoms. The fourth-order valence-electron chi connectivity index (χ4n) is 2.20. The van der Waals surface area contributed by atoms with Crippen LogP contribution in [0.5, 0.6) is 0 Å². The summed E-state index contributed by atoms with van der Waals surface area (Å²) < 4.78 is 14.4. The van der Waals surface area contributed by atoms with Crippen LogP contribution in [-0.4, -0.2) is 12.0 Å². The van der Waals surface area contributed by atoms with E-state index in [4.69, 9.17) is 0 Å². The second-order valence-electron chi connectivity index (χ2n) is 4.48. The molecule has 0 spiro atoms. The minimum Gasteiger partial charge on any atom is -0.388 e.